The lowest BCUT2D eigenvalue weighted by Crippen LogP contribution is -2.29. The van der Waals surface area contributed by atoms with E-state index in [4.69, 9.17) is 18.6 Å². The number of Topliss-reactive ketones (excluding diaryl/α,β-unsaturated/α-hetero) is 1. The summed E-state index contributed by atoms with van der Waals surface area (Å²) in [5.74, 6) is 0.127. The van der Waals surface area contributed by atoms with Crippen LogP contribution in [0, 0.1) is 0 Å². The van der Waals surface area contributed by atoms with E-state index in [1.165, 1.54) is 11.2 Å². The van der Waals surface area contributed by atoms with Crippen LogP contribution in [0.4, 0.5) is 0 Å². The maximum Gasteiger partial charge on any atom is 0.296 e. The van der Waals surface area contributed by atoms with Gasteiger partial charge in [0.15, 0.2) is 11.5 Å². The van der Waals surface area contributed by atoms with Crippen LogP contribution in [0.5, 0.6) is 17.2 Å². The number of benzene rings is 2. The molecule has 1 aromatic heterocycles. The van der Waals surface area contributed by atoms with E-state index in [9.17, 15) is 14.7 Å². The van der Waals surface area contributed by atoms with E-state index >= 15 is 0 Å². The number of carbonyl (C=O) groups excluding carboxylic acids is 2. The molecule has 0 saturated carbocycles. The van der Waals surface area contributed by atoms with Gasteiger partial charge in [0.25, 0.3) is 11.7 Å². The van der Waals surface area contributed by atoms with Crippen molar-refractivity contribution in [1.82, 2.24) is 4.90 Å². The van der Waals surface area contributed by atoms with Crippen LogP contribution in [0.25, 0.3) is 5.76 Å². The number of rotatable bonds is 5. The first-order valence-corrected chi connectivity index (χ1v) is 10.4. The largest absolute Gasteiger partial charge is 0.507 e. The Bertz CT molecular complexity index is 1250. The van der Waals surface area contributed by atoms with Crippen LogP contribution in [-0.4, -0.2) is 42.0 Å². The van der Waals surface area contributed by atoms with Crippen molar-refractivity contribution in [3.8, 4) is 17.2 Å². The summed E-state index contributed by atoms with van der Waals surface area (Å²) >= 11 is 0. The Balaban J connectivity index is 1.60. The molecule has 1 amide bonds. The number of aliphatic hydroxyl groups excluding tert-OH is 1. The molecule has 33 heavy (non-hydrogen) atoms. The zero-order chi connectivity index (χ0) is 22.9. The van der Waals surface area contributed by atoms with Gasteiger partial charge in [0.05, 0.1) is 25.5 Å². The molecule has 0 radical (unpaired) electrons. The third kappa shape index (κ3) is 3.59. The first-order chi connectivity index (χ1) is 16.1. The molecule has 168 valence electrons. The van der Waals surface area contributed by atoms with Crippen molar-refractivity contribution >= 4 is 17.4 Å². The molecule has 5 rings (SSSR count). The molecule has 2 aliphatic heterocycles. The SMILES string of the molecule is COc1ccccc1CN1C(=O)C(=O)/C(=C(\O)c2ccc3c(c2)OCCO3)C1c1ccco1. The van der Waals surface area contributed by atoms with Crippen molar-refractivity contribution in [2.45, 2.75) is 12.6 Å². The van der Waals surface area contributed by atoms with Gasteiger partial charge in [-0.05, 0) is 36.4 Å². The normalized spacial score (nSPS) is 19.1. The Morgan fingerprint density at radius 3 is 2.61 bits per heavy atom. The number of ether oxygens (including phenoxy) is 3. The highest BCUT2D eigenvalue weighted by atomic mass is 16.6. The van der Waals surface area contributed by atoms with E-state index < -0.39 is 17.7 Å². The summed E-state index contributed by atoms with van der Waals surface area (Å²) in [5.41, 5.74) is 1.00. The molecule has 2 aliphatic rings. The van der Waals surface area contributed by atoms with E-state index in [0.717, 1.165) is 5.56 Å². The highest BCUT2D eigenvalue weighted by Crippen LogP contribution is 2.42. The summed E-state index contributed by atoms with van der Waals surface area (Å²) in [4.78, 5) is 27.6. The van der Waals surface area contributed by atoms with Gasteiger partial charge in [-0.15, -0.1) is 0 Å². The molecule has 1 N–H and O–H groups in total. The number of fused-ring (bicyclic) bond motifs is 1. The number of para-hydroxylation sites is 1. The second-order valence-electron chi connectivity index (χ2n) is 7.61. The number of aliphatic hydroxyl groups is 1. The van der Waals surface area contributed by atoms with Gasteiger partial charge in [-0.3, -0.25) is 9.59 Å². The highest BCUT2D eigenvalue weighted by Gasteiger charge is 2.47. The molecule has 8 nitrogen and oxygen atoms in total. The summed E-state index contributed by atoms with van der Waals surface area (Å²) in [6.07, 6.45) is 1.46. The fourth-order valence-corrected chi connectivity index (χ4v) is 4.15. The lowest BCUT2D eigenvalue weighted by atomic mass is 9.99. The van der Waals surface area contributed by atoms with Gasteiger partial charge in [0.2, 0.25) is 0 Å². The molecular weight excluding hydrogens is 426 g/mol. The van der Waals surface area contributed by atoms with Crippen LogP contribution in [-0.2, 0) is 16.1 Å². The van der Waals surface area contributed by atoms with E-state index in [0.29, 0.717) is 41.8 Å². The molecule has 1 saturated heterocycles. The fraction of sp³-hybridized carbons (Fsp3) is 0.200. The Morgan fingerprint density at radius 1 is 1.06 bits per heavy atom. The summed E-state index contributed by atoms with van der Waals surface area (Å²) in [5, 5.41) is 11.2. The fourth-order valence-electron chi connectivity index (χ4n) is 4.15. The number of ketones is 1. The first-order valence-electron chi connectivity index (χ1n) is 10.4. The number of likely N-dealkylation sites (tertiary alicyclic amines) is 1. The van der Waals surface area contributed by atoms with Crippen LogP contribution < -0.4 is 14.2 Å². The monoisotopic (exact) mass is 447 g/mol. The van der Waals surface area contributed by atoms with Gasteiger partial charge in [0.1, 0.15) is 36.5 Å². The van der Waals surface area contributed by atoms with Crippen molar-refractivity contribution in [2.75, 3.05) is 20.3 Å². The molecule has 0 bridgehead atoms. The zero-order valence-electron chi connectivity index (χ0n) is 17.8. The van der Waals surface area contributed by atoms with E-state index in [1.807, 2.05) is 18.2 Å². The topological polar surface area (TPSA) is 98.4 Å². The van der Waals surface area contributed by atoms with E-state index in [2.05, 4.69) is 0 Å². The second-order valence-corrected chi connectivity index (χ2v) is 7.61. The van der Waals surface area contributed by atoms with Crippen LogP contribution in [0.2, 0.25) is 0 Å². The highest BCUT2D eigenvalue weighted by molar-refractivity contribution is 6.46. The number of amides is 1. The number of hydrogen-bond acceptors (Lipinski definition) is 7. The zero-order valence-corrected chi connectivity index (χ0v) is 17.8. The maximum atomic E-state index is 13.1. The minimum absolute atomic E-state index is 0.0541. The third-order valence-electron chi connectivity index (χ3n) is 5.70. The number of carbonyl (C=O) groups is 2. The lowest BCUT2D eigenvalue weighted by Gasteiger charge is -2.24. The number of methoxy groups -OCH3 is 1. The van der Waals surface area contributed by atoms with Gasteiger partial charge >= 0.3 is 0 Å². The third-order valence-corrected chi connectivity index (χ3v) is 5.70. The summed E-state index contributed by atoms with van der Waals surface area (Å²) in [7, 11) is 1.54. The van der Waals surface area contributed by atoms with Gasteiger partial charge in [0, 0.05) is 11.1 Å². The van der Waals surface area contributed by atoms with Crippen molar-refractivity contribution in [1.29, 1.82) is 0 Å². The van der Waals surface area contributed by atoms with Gasteiger partial charge < -0.3 is 28.6 Å². The number of nitrogens with zero attached hydrogens (tertiary/aromatic N) is 1. The van der Waals surface area contributed by atoms with E-state index in [1.54, 1.807) is 43.5 Å². The average Bonchev–Trinajstić information content (AvgIpc) is 3.46. The predicted molar refractivity (Wildman–Crippen MR) is 117 cm³/mol. The van der Waals surface area contributed by atoms with Crippen molar-refractivity contribution in [2.24, 2.45) is 0 Å². The number of furan rings is 1. The van der Waals surface area contributed by atoms with Gasteiger partial charge in [-0.1, -0.05) is 18.2 Å². The first kappa shape index (κ1) is 20.7. The Kier molecular flexibility index (Phi) is 5.26. The van der Waals surface area contributed by atoms with E-state index in [-0.39, 0.29) is 17.9 Å². The molecule has 1 unspecified atom stereocenters. The summed E-state index contributed by atoms with van der Waals surface area (Å²) in [6.45, 7) is 0.912. The van der Waals surface area contributed by atoms with Crippen LogP contribution in [0.15, 0.2) is 70.9 Å². The molecule has 1 atom stereocenters. The average molecular weight is 447 g/mol. The van der Waals surface area contributed by atoms with Crippen LogP contribution in [0.3, 0.4) is 0 Å². The molecule has 3 aromatic rings. The molecule has 1 fully saturated rings. The molecule has 0 aliphatic carbocycles. The molecular formula is C25H21NO7. The van der Waals surface area contributed by atoms with Crippen LogP contribution >= 0.6 is 0 Å². The minimum Gasteiger partial charge on any atom is -0.507 e. The van der Waals surface area contributed by atoms with Crippen molar-refractivity contribution in [3.05, 3.63) is 83.3 Å². The number of hydrogen-bond donors (Lipinski definition) is 1. The van der Waals surface area contributed by atoms with Crippen molar-refractivity contribution < 1.29 is 33.3 Å². The van der Waals surface area contributed by atoms with Gasteiger partial charge in [-0.2, -0.15) is 0 Å². The molecule has 0 spiro atoms. The van der Waals surface area contributed by atoms with Crippen molar-refractivity contribution in [3.63, 3.8) is 0 Å². The lowest BCUT2D eigenvalue weighted by molar-refractivity contribution is -0.140. The summed E-state index contributed by atoms with van der Waals surface area (Å²) in [6, 6.07) is 14.6. The predicted octanol–water partition coefficient (Wildman–Crippen LogP) is 3.68. The molecule has 8 heteroatoms. The molecule has 3 heterocycles. The summed E-state index contributed by atoms with van der Waals surface area (Å²) < 4.78 is 22.1. The smallest absolute Gasteiger partial charge is 0.296 e. The van der Waals surface area contributed by atoms with Gasteiger partial charge in [-0.25, -0.2) is 0 Å². The standard InChI is InChI=1S/C25H21NO7/c1-30-17-6-3-2-5-16(17)14-26-22(19-7-4-10-31-19)21(24(28)25(26)29)23(27)15-8-9-18-20(13-15)33-12-11-32-18/h2-10,13,22,27H,11-12,14H2,1H3/b23-21-. The Morgan fingerprint density at radius 2 is 1.85 bits per heavy atom. The molecule has 2 aromatic carbocycles. The Hall–Kier alpha value is -4.20. The quantitative estimate of drug-likeness (QED) is 0.362. The van der Waals surface area contributed by atoms with Crippen LogP contribution in [0.1, 0.15) is 22.9 Å². The second kappa shape index (κ2) is 8.38. The minimum atomic E-state index is -0.905. The Labute approximate surface area is 189 Å². The maximum absolute atomic E-state index is 13.1.